The number of benzene rings is 1. The first-order valence-corrected chi connectivity index (χ1v) is 5.65. The molecule has 15 heavy (non-hydrogen) atoms. The van der Waals surface area contributed by atoms with Gasteiger partial charge in [-0.3, -0.25) is 0 Å². The van der Waals surface area contributed by atoms with E-state index in [1.807, 2.05) is 12.1 Å². The summed E-state index contributed by atoms with van der Waals surface area (Å²) in [5, 5.41) is 0. The molecule has 1 radical (unpaired) electrons. The molecular weight excluding hydrogens is 234 g/mol. The molecule has 5 heteroatoms. The van der Waals surface area contributed by atoms with Crippen LogP contribution in [0.5, 0.6) is 11.5 Å². The summed E-state index contributed by atoms with van der Waals surface area (Å²) in [7, 11) is 0. The number of hydrogen-bond donors (Lipinski definition) is 0. The van der Waals surface area contributed by atoms with Gasteiger partial charge in [-0.2, -0.15) is 0 Å². The number of thiazole rings is 1. The standard InChI is InChI=1S/C10H7ClNO2S/c1-5-4-13-8-7(14-5)3-2-6-9(8)15-10(11)12-6/h2-3,5H,1,4H2/t5-/m1/s1. The minimum absolute atomic E-state index is 0.154. The normalized spacial score (nSPS) is 19.5. The highest BCUT2D eigenvalue weighted by molar-refractivity contribution is 7.22. The molecule has 1 atom stereocenters. The lowest BCUT2D eigenvalue weighted by Crippen LogP contribution is -2.25. The van der Waals surface area contributed by atoms with Crippen LogP contribution >= 0.6 is 22.9 Å². The van der Waals surface area contributed by atoms with Gasteiger partial charge in [-0.05, 0) is 19.1 Å². The third kappa shape index (κ3) is 1.44. The van der Waals surface area contributed by atoms with Crippen molar-refractivity contribution in [2.45, 2.75) is 6.10 Å². The molecule has 2 heterocycles. The summed E-state index contributed by atoms with van der Waals surface area (Å²) in [6.45, 7) is 4.26. The van der Waals surface area contributed by atoms with Crippen LogP contribution in [-0.4, -0.2) is 17.7 Å². The minimum Gasteiger partial charge on any atom is -0.484 e. The lowest BCUT2D eigenvalue weighted by atomic mass is 10.2. The Morgan fingerprint density at radius 2 is 2.40 bits per heavy atom. The zero-order valence-electron chi connectivity index (χ0n) is 7.70. The molecule has 0 spiro atoms. The van der Waals surface area contributed by atoms with Gasteiger partial charge in [0.15, 0.2) is 16.0 Å². The summed E-state index contributed by atoms with van der Waals surface area (Å²) in [6.07, 6.45) is -0.154. The largest absolute Gasteiger partial charge is 0.484 e. The van der Waals surface area contributed by atoms with E-state index in [0.29, 0.717) is 16.8 Å². The lowest BCUT2D eigenvalue weighted by Gasteiger charge is -2.23. The molecule has 0 fully saturated rings. The first-order valence-electron chi connectivity index (χ1n) is 4.45. The molecule has 1 aliphatic heterocycles. The Morgan fingerprint density at radius 1 is 1.53 bits per heavy atom. The van der Waals surface area contributed by atoms with Crippen molar-refractivity contribution in [1.29, 1.82) is 0 Å². The maximum atomic E-state index is 5.85. The number of nitrogens with zero attached hydrogens (tertiary/aromatic N) is 1. The zero-order valence-corrected chi connectivity index (χ0v) is 9.27. The Morgan fingerprint density at radius 3 is 3.27 bits per heavy atom. The van der Waals surface area contributed by atoms with Gasteiger partial charge in [-0.1, -0.05) is 22.9 Å². The van der Waals surface area contributed by atoms with Crippen molar-refractivity contribution in [3.63, 3.8) is 0 Å². The Kier molecular flexibility index (Phi) is 2.00. The topological polar surface area (TPSA) is 31.4 Å². The van der Waals surface area contributed by atoms with E-state index in [1.54, 1.807) is 0 Å². The van der Waals surface area contributed by atoms with E-state index in [-0.39, 0.29) is 6.10 Å². The summed E-state index contributed by atoms with van der Waals surface area (Å²) in [6, 6.07) is 3.71. The molecule has 2 aromatic rings. The third-order valence-corrected chi connectivity index (χ3v) is 3.33. The van der Waals surface area contributed by atoms with E-state index in [9.17, 15) is 0 Å². The van der Waals surface area contributed by atoms with E-state index in [4.69, 9.17) is 21.1 Å². The van der Waals surface area contributed by atoms with Crippen LogP contribution in [-0.2, 0) is 0 Å². The minimum atomic E-state index is -0.154. The molecule has 3 nitrogen and oxygen atoms in total. The van der Waals surface area contributed by atoms with Gasteiger partial charge >= 0.3 is 0 Å². The molecule has 77 valence electrons. The summed E-state index contributed by atoms with van der Waals surface area (Å²) >= 11 is 7.25. The predicted octanol–water partition coefficient (Wildman–Crippen LogP) is 2.92. The first-order chi connectivity index (χ1) is 7.24. The molecule has 1 aromatic heterocycles. The van der Waals surface area contributed by atoms with Crippen LogP contribution in [0.15, 0.2) is 12.1 Å². The maximum Gasteiger partial charge on any atom is 0.184 e. The summed E-state index contributed by atoms with van der Waals surface area (Å²) in [5.41, 5.74) is 0.842. The smallest absolute Gasteiger partial charge is 0.184 e. The van der Waals surface area contributed by atoms with Crippen molar-refractivity contribution >= 4 is 33.2 Å². The molecule has 0 unspecified atom stereocenters. The third-order valence-electron chi connectivity index (χ3n) is 2.16. The number of aromatic nitrogens is 1. The van der Waals surface area contributed by atoms with E-state index in [0.717, 1.165) is 16.0 Å². The lowest BCUT2D eigenvalue weighted by molar-refractivity contribution is 0.123. The predicted molar refractivity (Wildman–Crippen MR) is 59.9 cm³/mol. The number of hydrogen-bond acceptors (Lipinski definition) is 4. The van der Waals surface area contributed by atoms with Crippen molar-refractivity contribution in [2.75, 3.05) is 6.61 Å². The van der Waals surface area contributed by atoms with E-state index in [2.05, 4.69) is 11.9 Å². The number of fused-ring (bicyclic) bond motifs is 3. The van der Waals surface area contributed by atoms with Crippen molar-refractivity contribution in [1.82, 2.24) is 4.98 Å². The van der Waals surface area contributed by atoms with Gasteiger partial charge in [0.05, 0.1) is 5.52 Å². The molecular formula is C10H7ClNO2S. The number of halogens is 1. The fourth-order valence-corrected chi connectivity index (χ4v) is 2.65. The van der Waals surface area contributed by atoms with Crippen molar-refractivity contribution in [3.8, 4) is 11.5 Å². The Labute approximate surface area is 95.6 Å². The molecule has 1 aliphatic rings. The van der Waals surface area contributed by atoms with Gasteiger partial charge < -0.3 is 9.47 Å². The van der Waals surface area contributed by atoms with Crippen LogP contribution in [0.1, 0.15) is 0 Å². The molecule has 1 aromatic carbocycles. The van der Waals surface area contributed by atoms with Gasteiger partial charge in [-0.15, -0.1) is 0 Å². The number of ether oxygens (including phenoxy) is 2. The quantitative estimate of drug-likeness (QED) is 0.710. The van der Waals surface area contributed by atoms with E-state index >= 15 is 0 Å². The van der Waals surface area contributed by atoms with Crippen LogP contribution < -0.4 is 9.47 Å². The number of rotatable bonds is 0. The summed E-state index contributed by atoms with van der Waals surface area (Å²) < 4.78 is 12.6. The average Bonchev–Trinajstić information content (AvgIpc) is 2.58. The van der Waals surface area contributed by atoms with Gasteiger partial charge in [0.25, 0.3) is 0 Å². The van der Waals surface area contributed by atoms with Crippen LogP contribution in [0.4, 0.5) is 0 Å². The maximum absolute atomic E-state index is 5.85. The molecule has 0 saturated carbocycles. The molecule has 3 rings (SSSR count). The van der Waals surface area contributed by atoms with Crippen LogP contribution in [0.25, 0.3) is 10.2 Å². The van der Waals surface area contributed by atoms with E-state index < -0.39 is 0 Å². The summed E-state index contributed by atoms with van der Waals surface area (Å²) in [5.74, 6) is 1.45. The van der Waals surface area contributed by atoms with Gasteiger partial charge in [-0.25, -0.2) is 4.98 Å². The second-order valence-electron chi connectivity index (χ2n) is 3.26. The highest BCUT2D eigenvalue weighted by Gasteiger charge is 2.21. The Bertz CT molecular complexity index is 525. The molecule has 0 N–H and O–H groups in total. The fraction of sp³-hybridized carbons (Fsp3) is 0.200. The second kappa shape index (κ2) is 3.25. The molecule has 0 saturated heterocycles. The van der Waals surface area contributed by atoms with Crippen molar-refractivity contribution in [3.05, 3.63) is 23.5 Å². The molecule has 0 bridgehead atoms. The first kappa shape index (κ1) is 9.24. The van der Waals surface area contributed by atoms with Crippen molar-refractivity contribution < 1.29 is 9.47 Å². The van der Waals surface area contributed by atoms with Crippen molar-refractivity contribution in [2.24, 2.45) is 0 Å². The van der Waals surface area contributed by atoms with Crippen LogP contribution in [0.2, 0.25) is 4.47 Å². The van der Waals surface area contributed by atoms with E-state index in [1.165, 1.54) is 11.3 Å². The van der Waals surface area contributed by atoms with Crippen LogP contribution in [0.3, 0.4) is 0 Å². The highest BCUT2D eigenvalue weighted by atomic mass is 35.5. The highest BCUT2D eigenvalue weighted by Crippen LogP contribution is 2.42. The Balaban J connectivity index is 2.24. The zero-order chi connectivity index (χ0) is 10.4. The molecule has 0 amide bonds. The fourth-order valence-electron chi connectivity index (χ4n) is 1.54. The summed E-state index contributed by atoms with van der Waals surface area (Å²) in [4.78, 5) is 4.17. The van der Waals surface area contributed by atoms with Gasteiger partial charge in [0.2, 0.25) is 0 Å². The van der Waals surface area contributed by atoms with Gasteiger partial charge in [0.1, 0.15) is 17.4 Å². The van der Waals surface area contributed by atoms with Gasteiger partial charge in [0, 0.05) is 0 Å². The molecule has 0 aliphatic carbocycles. The van der Waals surface area contributed by atoms with Crippen LogP contribution in [0, 0.1) is 6.92 Å². The average molecular weight is 241 g/mol. The Hall–Kier alpha value is -1.00. The monoisotopic (exact) mass is 240 g/mol. The SMILES string of the molecule is [CH2][C@@H]1COc2c(ccc3nc(Cl)sc23)O1. The second-order valence-corrected chi connectivity index (χ2v) is 4.84.